The number of hydrogen-bond donors (Lipinski definition) is 2. The van der Waals surface area contributed by atoms with Crippen LogP contribution in [0.3, 0.4) is 0 Å². The highest BCUT2D eigenvalue weighted by Crippen LogP contribution is 2.47. The van der Waals surface area contributed by atoms with E-state index in [9.17, 15) is 4.79 Å². The molecule has 138 valence electrons. The number of hydrogen-bond acceptors (Lipinski definition) is 4. The summed E-state index contributed by atoms with van der Waals surface area (Å²) in [4.78, 5) is 12.3. The van der Waals surface area contributed by atoms with E-state index in [0.29, 0.717) is 29.5 Å². The topological polar surface area (TPSA) is 68.8 Å². The minimum Gasteiger partial charge on any atom is -0.493 e. The second kappa shape index (κ2) is 7.56. The Kier molecular flexibility index (Phi) is 5.21. The number of rotatable bonds is 7. The minimum atomic E-state index is -0.263. The van der Waals surface area contributed by atoms with Crippen molar-refractivity contribution in [3.8, 4) is 17.2 Å². The standard InChI is InChI=1S/C20H24N2O4/c1-24-16-11-15(12-17(25-2)18(16)26-3)22-19(23)21-13-20(9-10-20)14-7-5-4-6-8-14/h4-8,11-12H,9-10,13H2,1-3H3,(H2,21,22,23). The van der Waals surface area contributed by atoms with Crippen LogP contribution in [0.4, 0.5) is 10.5 Å². The Morgan fingerprint density at radius 1 is 1.00 bits per heavy atom. The van der Waals surface area contributed by atoms with E-state index in [2.05, 4.69) is 22.8 Å². The van der Waals surface area contributed by atoms with E-state index in [-0.39, 0.29) is 11.4 Å². The Bertz CT molecular complexity index is 748. The first kappa shape index (κ1) is 17.9. The van der Waals surface area contributed by atoms with E-state index in [1.807, 2.05) is 18.2 Å². The minimum absolute atomic E-state index is 0.0634. The molecule has 1 saturated carbocycles. The maximum absolute atomic E-state index is 12.3. The van der Waals surface area contributed by atoms with Gasteiger partial charge in [-0.25, -0.2) is 4.79 Å². The summed E-state index contributed by atoms with van der Waals surface area (Å²) in [6.45, 7) is 0.604. The summed E-state index contributed by atoms with van der Waals surface area (Å²) >= 11 is 0. The summed E-state index contributed by atoms with van der Waals surface area (Å²) in [5.41, 5.74) is 1.91. The number of benzene rings is 2. The van der Waals surface area contributed by atoms with Gasteiger partial charge >= 0.3 is 6.03 Å². The van der Waals surface area contributed by atoms with Gasteiger partial charge in [-0.1, -0.05) is 30.3 Å². The predicted octanol–water partition coefficient (Wildman–Crippen LogP) is 3.57. The fraction of sp³-hybridized carbons (Fsp3) is 0.350. The lowest BCUT2D eigenvalue weighted by Crippen LogP contribution is -2.35. The summed E-state index contributed by atoms with van der Waals surface area (Å²) in [7, 11) is 4.62. The molecule has 0 radical (unpaired) electrons. The van der Waals surface area contributed by atoms with Crippen molar-refractivity contribution in [2.75, 3.05) is 33.2 Å². The Balaban J connectivity index is 1.65. The Morgan fingerprint density at radius 3 is 2.12 bits per heavy atom. The molecule has 2 aromatic carbocycles. The molecule has 0 unspecified atom stereocenters. The number of carbonyl (C=O) groups is 1. The van der Waals surface area contributed by atoms with Gasteiger partial charge in [-0.2, -0.15) is 0 Å². The van der Waals surface area contributed by atoms with Crippen LogP contribution in [0, 0.1) is 0 Å². The van der Waals surface area contributed by atoms with Crippen LogP contribution in [0.2, 0.25) is 0 Å². The van der Waals surface area contributed by atoms with Gasteiger partial charge in [0.25, 0.3) is 0 Å². The molecule has 0 aliphatic heterocycles. The van der Waals surface area contributed by atoms with Gasteiger partial charge < -0.3 is 24.8 Å². The van der Waals surface area contributed by atoms with Crippen molar-refractivity contribution in [1.82, 2.24) is 5.32 Å². The first-order chi connectivity index (χ1) is 12.6. The molecule has 6 heteroatoms. The third kappa shape index (κ3) is 3.69. The molecular formula is C20H24N2O4. The van der Waals surface area contributed by atoms with Gasteiger partial charge in [-0.15, -0.1) is 0 Å². The summed E-state index contributed by atoms with van der Waals surface area (Å²) in [5.74, 6) is 1.47. The number of urea groups is 1. The molecule has 0 heterocycles. The molecule has 0 saturated heterocycles. The van der Waals surface area contributed by atoms with Gasteiger partial charge in [0, 0.05) is 24.1 Å². The van der Waals surface area contributed by atoms with Gasteiger partial charge in [0.1, 0.15) is 0 Å². The monoisotopic (exact) mass is 356 g/mol. The van der Waals surface area contributed by atoms with Crippen molar-refractivity contribution in [2.45, 2.75) is 18.3 Å². The third-order valence-electron chi connectivity index (χ3n) is 4.75. The van der Waals surface area contributed by atoms with Crippen LogP contribution in [0.15, 0.2) is 42.5 Å². The van der Waals surface area contributed by atoms with Gasteiger partial charge in [-0.3, -0.25) is 0 Å². The molecule has 1 fully saturated rings. The predicted molar refractivity (Wildman–Crippen MR) is 100 cm³/mol. The Morgan fingerprint density at radius 2 is 1.62 bits per heavy atom. The summed E-state index contributed by atoms with van der Waals surface area (Å²) in [5, 5.41) is 5.80. The lowest BCUT2D eigenvalue weighted by Gasteiger charge is -2.18. The van der Waals surface area contributed by atoms with E-state index < -0.39 is 0 Å². The lowest BCUT2D eigenvalue weighted by atomic mass is 9.96. The van der Waals surface area contributed by atoms with Gasteiger partial charge in [0.05, 0.1) is 27.0 Å². The number of methoxy groups -OCH3 is 3. The van der Waals surface area contributed by atoms with Crippen molar-refractivity contribution in [1.29, 1.82) is 0 Å². The van der Waals surface area contributed by atoms with E-state index in [4.69, 9.17) is 14.2 Å². The smallest absolute Gasteiger partial charge is 0.319 e. The van der Waals surface area contributed by atoms with Crippen LogP contribution in [-0.2, 0) is 5.41 Å². The highest BCUT2D eigenvalue weighted by molar-refractivity contribution is 5.90. The normalized spacial score (nSPS) is 14.3. The van der Waals surface area contributed by atoms with Crippen LogP contribution in [0.25, 0.3) is 0 Å². The molecule has 0 spiro atoms. The second-order valence-electron chi connectivity index (χ2n) is 6.37. The van der Waals surface area contributed by atoms with E-state index in [1.54, 1.807) is 19.2 Å². The van der Waals surface area contributed by atoms with Crippen molar-refractivity contribution in [3.63, 3.8) is 0 Å². The zero-order valence-corrected chi connectivity index (χ0v) is 15.3. The van der Waals surface area contributed by atoms with Gasteiger partial charge in [0.15, 0.2) is 11.5 Å². The Hall–Kier alpha value is -2.89. The summed E-state index contributed by atoms with van der Waals surface area (Å²) in [6, 6.07) is 13.4. The first-order valence-electron chi connectivity index (χ1n) is 8.52. The molecule has 0 bridgehead atoms. The zero-order valence-electron chi connectivity index (χ0n) is 15.3. The summed E-state index contributed by atoms with van der Waals surface area (Å²) < 4.78 is 15.9. The molecule has 0 atom stereocenters. The fourth-order valence-electron chi connectivity index (χ4n) is 3.09. The number of carbonyl (C=O) groups excluding carboxylic acids is 1. The van der Waals surface area contributed by atoms with E-state index in [0.717, 1.165) is 12.8 Å². The van der Waals surface area contributed by atoms with Gasteiger partial charge in [0.2, 0.25) is 5.75 Å². The molecule has 6 nitrogen and oxygen atoms in total. The molecule has 2 amide bonds. The maximum Gasteiger partial charge on any atom is 0.319 e. The van der Waals surface area contributed by atoms with E-state index >= 15 is 0 Å². The number of nitrogens with one attached hydrogen (secondary N) is 2. The molecule has 2 N–H and O–H groups in total. The highest BCUT2D eigenvalue weighted by atomic mass is 16.5. The second-order valence-corrected chi connectivity index (χ2v) is 6.37. The average molecular weight is 356 g/mol. The Labute approximate surface area is 153 Å². The number of amides is 2. The van der Waals surface area contributed by atoms with Crippen LogP contribution < -0.4 is 24.8 Å². The molecule has 3 rings (SSSR count). The fourth-order valence-corrected chi connectivity index (χ4v) is 3.09. The molecule has 0 aromatic heterocycles. The number of ether oxygens (including phenoxy) is 3. The van der Waals surface area contributed by atoms with Crippen molar-refractivity contribution < 1.29 is 19.0 Å². The molecule has 1 aliphatic rings. The van der Waals surface area contributed by atoms with Crippen LogP contribution in [0.5, 0.6) is 17.2 Å². The molecule has 1 aliphatic carbocycles. The quantitative estimate of drug-likeness (QED) is 0.796. The van der Waals surface area contributed by atoms with Crippen molar-refractivity contribution >= 4 is 11.7 Å². The van der Waals surface area contributed by atoms with Crippen molar-refractivity contribution in [3.05, 3.63) is 48.0 Å². The van der Waals surface area contributed by atoms with Gasteiger partial charge in [-0.05, 0) is 18.4 Å². The molecular weight excluding hydrogens is 332 g/mol. The van der Waals surface area contributed by atoms with Crippen LogP contribution >= 0.6 is 0 Å². The zero-order chi connectivity index (χ0) is 18.6. The lowest BCUT2D eigenvalue weighted by molar-refractivity contribution is 0.251. The summed E-state index contributed by atoms with van der Waals surface area (Å²) in [6.07, 6.45) is 2.17. The molecule has 2 aromatic rings. The van der Waals surface area contributed by atoms with Crippen LogP contribution in [-0.4, -0.2) is 33.9 Å². The first-order valence-corrected chi connectivity index (χ1v) is 8.52. The SMILES string of the molecule is COc1cc(NC(=O)NCC2(c3ccccc3)CC2)cc(OC)c1OC. The van der Waals surface area contributed by atoms with E-state index in [1.165, 1.54) is 19.8 Å². The maximum atomic E-state index is 12.3. The molecule has 26 heavy (non-hydrogen) atoms. The average Bonchev–Trinajstić information content (AvgIpc) is 3.47. The van der Waals surface area contributed by atoms with Crippen LogP contribution in [0.1, 0.15) is 18.4 Å². The third-order valence-corrected chi connectivity index (χ3v) is 4.75. The van der Waals surface area contributed by atoms with Crippen molar-refractivity contribution in [2.24, 2.45) is 0 Å². The highest BCUT2D eigenvalue weighted by Gasteiger charge is 2.44. The number of anilines is 1. The largest absolute Gasteiger partial charge is 0.493 e.